The Morgan fingerprint density at radius 2 is 1.42 bits per heavy atom. The van der Waals surface area contributed by atoms with Gasteiger partial charge in [0.05, 0.1) is 11.9 Å². The molecule has 3 heteroatoms. The van der Waals surface area contributed by atoms with Crippen molar-refractivity contribution in [2.45, 2.75) is 77.6 Å². The molecule has 1 aromatic carbocycles. The lowest BCUT2D eigenvalue weighted by Crippen LogP contribution is -1.95. The summed E-state index contributed by atoms with van der Waals surface area (Å²) in [5.74, 6) is 0.289. The summed E-state index contributed by atoms with van der Waals surface area (Å²) < 4.78 is 1.62. The van der Waals surface area contributed by atoms with Crippen LogP contribution in [-0.4, -0.2) is 14.9 Å². The van der Waals surface area contributed by atoms with Crippen molar-refractivity contribution >= 4 is 0 Å². The fourth-order valence-corrected chi connectivity index (χ4v) is 3.11. The topological polar surface area (TPSA) is 38.0 Å². The largest absolute Gasteiger partial charge is 0.493 e. The highest BCUT2D eigenvalue weighted by molar-refractivity contribution is 5.37. The monoisotopic (exact) mass is 328 g/mol. The molecule has 132 valence electrons. The van der Waals surface area contributed by atoms with Crippen LogP contribution in [0.4, 0.5) is 0 Å². The second kappa shape index (κ2) is 10.9. The van der Waals surface area contributed by atoms with Gasteiger partial charge >= 0.3 is 0 Å². The Kier molecular flexibility index (Phi) is 8.43. The number of unbranched alkanes of at least 4 members (excludes halogenated alkanes) is 9. The van der Waals surface area contributed by atoms with Crippen molar-refractivity contribution in [2.75, 3.05) is 0 Å². The van der Waals surface area contributed by atoms with Crippen LogP contribution in [0.2, 0.25) is 0 Å². The molecule has 0 aliphatic heterocycles. The van der Waals surface area contributed by atoms with Gasteiger partial charge in [-0.05, 0) is 25.0 Å². The summed E-state index contributed by atoms with van der Waals surface area (Å²) >= 11 is 0. The predicted octanol–water partition coefficient (Wildman–Crippen LogP) is 6.04. The molecule has 0 fully saturated rings. The molecule has 3 nitrogen and oxygen atoms in total. The number of nitrogens with zero attached hydrogens (tertiary/aromatic N) is 2. The Morgan fingerprint density at radius 1 is 0.833 bits per heavy atom. The van der Waals surface area contributed by atoms with Crippen molar-refractivity contribution in [3.05, 3.63) is 42.1 Å². The zero-order valence-corrected chi connectivity index (χ0v) is 15.1. The molecular weight excluding hydrogens is 296 g/mol. The van der Waals surface area contributed by atoms with E-state index in [0.717, 1.165) is 24.1 Å². The highest BCUT2D eigenvalue weighted by Gasteiger charge is 2.10. The molecule has 0 saturated heterocycles. The molecule has 0 radical (unpaired) electrons. The van der Waals surface area contributed by atoms with Crippen molar-refractivity contribution < 1.29 is 5.11 Å². The van der Waals surface area contributed by atoms with E-state index in [0.29, 0.717) is 0 Å². The van der Waals surface area contributed by atoms with Gasteiger partial charge in [0.15, 0.2) is 0 Å². The Bertz CT molecular complexity index is 562. The third-order valence-electron chi connectivity index (χ3n) is 4.62. The molecule has 1 N–H and O–H groups in total. The summed E-state index contributed by atoms with van der Waals surface area (Å²) in [6.45, 7) is 2.27. The lowest BCUT2D eigenvalue weighted by molar-refractivity contribution is 0.426. The SMILES string of the molecule is CCCCCCCCCCCCc1cnn(-c2ccccc2)c1O. The van der Waals surface area contributed by atoms with Gasteiger partial charge in [0.1, 0.15) is 0 Å². The summed E-state index contributed by atoms with van der Waals surface area (Å²) in [7, 11) is 0. The molecule has 1 aromatic heterocycles. The van der Waals surface area contributed by atoms with E-state index >= 15 is 0 Å². The number of aromatic nitrogens is 2. The van der Waals surface area contributed by atoms with Crippen LogP contribution in [-0.2, 0) is 6.42 Å². The Balaban J connectivity index is 1.61. The Morgan fingerprint density at radius 3 is 2.04 bits per heavy atom. The molecule has 0 unspecified atom stereocenters. The van der Waals surface area contributed by atoms with Crippen LogP contribution >= 0.6 is 0 Å². The summed E-state index contributed by atoms with van der Waals surface area (Å²) in [5.41, 5.74) is 1.86. The van der Waals surface area contributed by atoms with Crippen LogP contribution in [0.1, 0.15) is 76.7 Å². The molecule has 2 aromatic rings. The third kappa shape index (κ3) is 6.03. The Labute approximate surface area is 146 Å². The molecule has 0 aliphatic carbocycles. The number of rotatable bonds is 12. The third-order valence-corrected chi connectivity index (χ3v) is 4.62. The molecule has 2 rings (SSSR count). The fraction of sp³-hybridized carbons (Fsp3) is 0.571. The van der Waals surface area contributed by atoms with Crippen LogP contribution in [0, 0.1) is 0 Å². The predicted molar refractivity (Wildman–Crippen MR) is 101 cm³/mol. The number of para-hydroxylation sites is 1. The van der Waals surface area contributed by atoms with E-state index in [-0.39, 0.29) is 5.88 Å². The molecule has 0 spiro atoms. The van der Waals surface area contributed by atoms with E-state index < -0.39 is 0 Å². The minimum Gasteiger partial charge on any atom is -0.493 e. The van der Waals surface area contributed by atoms with E-state index in [2.05, 4.69) is 12.0 Å². The van der Waals surface area contributed by atoms with Gasteiger partial charge in [0, 0.05) is 5.56 Å². The molecule has 24 heavy (non-hydrogen) atoms. The highest BCUT2D eigenvalue weighted by atomic mass is 16.3. The van der Waals surface area contributed by atoms with E-state index in [1.807, 2.05) is 30.3 Å². The van der Waals surface area contributed by atoms with E-state index in [1.165, 1.54) is 57.8 Å². The fourth-order valence-electron chi connectivity index (χ4n) is 3.11. The minimum atomic E-state index is 0.289. The zero-order chi connectivity index (χ0) is 17.0. The average molecular weight is 328 g/mol. The van der Waals surface area contributed by atoms with E-state index in [9.17, 15) is 5.11 Å². The zero-order valence-electron chi connectivity index (χ0n) is 15.1. The summed E-state index contributed by atoms with van der Waals surface area (Å²) in [5, 5.41) is 14.6. The maximum absolute atomic E-state index is 10.3. The summed E-state index contributed by atoms with van der Waals surface area (Å²) in [6.07, 6.45) is 16.0. The van der Waals surface area contributed by atoms with E-state index in [1.54, 1.807) is 10.9 Å². The second-order valence-electron chi connectivity index (χ2n) is 6.67. The standard InChI is InChI=1S/C21H32N2O/c1-2-3-4-5-6-7-8-9-10-12-15-19-18-22-23(21(19)24)20-16-13-11-14-17-20/h11,13-14,16-18,24H,2-10,12,15H2,1H3. The number of hydrogen-bond donors (Lipinski definition) is 1. The smallest absolute Gasteiger partial charge is 0.217 e. The first kappa shape index (κ1) is 18.6. The van der Waals surface area contributed by atoms with E-state index in [4.69, 9.17) is 0 Å². The number of benzene rings is 1. The molecule has 0 bridgehead atoms. The van der Waals surface area contributed by atoms with Crippen LogP contribution in [0.15, 0.2) is 36.5 Å². The first-order chi connectivity index (χ1) is 11.8. The molecule has 1 heterocycles. The summed E-state index contributed by atoms with van der Waals surface area (Å²) in [4.78, 5) is 0. The first-order valence-electron chi connectivity index (χ1n) is 9.64. The first-order valence-corrected chi connectivity index (χ1v) is 9.64. The molecule has 0 saturated carbocycles. The van der Waals surface area contributed by atoms with Gasteiger partial charge in [-0.2, -0.15) is 5.10 Å². The summed E-state index contributed by atoms with van der Waals surface area (Å²) in [6, 6.07) is 9.79. The van der Waals surface area contributed by atoms with Gasteiger partial charge in [-0.15, -0.1) is 0 Å². The van der Waals surface area contributed by atoms with Crippen molar-refractivity contribution in [1.82, 2.24) is 9.78 Å². The number of hydrogen-bond acceptors (Lipinski definition) is 2. The van der Waals surface area contributed by atoms with Gasteiger partial charge in [-0.1, -0.05) is 82.9 Å². The van der Waals surface area contributed by atoms with Gasteiger partial charge in [-0.3, -0.25) is 0 Å². The maximum Gasteiger partial charge on any atom is 0.217 e. The molecule has 0 aliphatic rings. The highest BCUT2D eigenvalue weighted by Crippen LogP contribution is 2.23. The van der Waals surface area contributed by atoms with Crippen LogP contribution in [0.25, 0.3) is 5.69 Å². The normalized spacial score (nSPS) is 11.0. The quantitative estimate of drug-likeness (QED) is 0.482. The van der Waals surface area contributed by atoms with Gasteiger partial charge in [-0.25, -0.2) is 4.68 Å². The minimum absolute atomic E-state index is 0.289. The van der Waals surface area contributed by atoms with Gasteiger partial charge in [0.2, 0.25) is 5.88 Å². The van der Waals surface area contributed by atoms with Crippen LogP contribution in [0.5, 0.6) is 5.88 Å². The van der Waals surface area contributed by atoms with Crippen molar-refractivity contribution in [3.63, 3.8) is 0 Å². The van der Waals surface area contributed by atoms with Gasteiger partial charge in [0.25, 0.3) is 0 Å². The molecule has 0 atom stereocenters. The number of aryl methyl sites for hydroxylation is 1. The lowest BCUT2D eigenvalue weighted by atomic mass is 10.0. The second-order valence-corrected chi connectivity index (χ2v) is 6.67. The van der Waals surface area contributed by atoms with Crippen molar-refractivity contribution in [3.8, 4) is 11.6 Å². The average Bonchev–Trinajstić information content (AvgIpc) is 2.98. The number of aromatic hydroxyl groups is 1. The lowest BCUT2D eigenvalue weighted by Gasteiger charge is -2.04. The van der Waals surface area contributed by atoms with Crippen LogP contribution in [0.3, 0.4) is 0 Å². The maximum atomic E-state index is 10.3. The molecular formula is C21H32N2O. The van der Waals surface area contributed by atoms with Gasteiger partial charge < -0.3 is 5.11 Å². The van der Waals surface area contributed by atoms with Crippen LogP contribution < -0.4 is 0 Å². The van der Waals surface area contributed by atoms with Crippen molar-refractivity contribution in [2.24, 2.45) is 0 Å². The van der Waals surface area contributed by atoms with Crippen molar-refractivity contribution in [1.29, 1.82) is 0 Å². The Hall–Kier alpha value is -1.77. The molecule has 0 amide bonds.